The van der Waals surface area contributed by atoms with Gasteiger partial charge in [-0.15, -0.1) is 0 Å². The van der Waals surface area contributed by atoms with Crippen molar-refractivity contribution < 1.29 is 9.47 Å². The van der Waals surface area contributed by atoms with Crippen molar-refractivity contribution in [2.45, 2.75) is 18.7 Å². The maximum Gasteiger partial charge on any atom is 0.157 e. The molecule has 0 bridgehead atoms. The minimum absolute atomic E-state index is 0.574. The third-order valence-corrected chi connectivity index (χ3v) is 3.78. The van der Waals surface area contributed by atoms with Crippen LogP contribution >= 0.6 is 11.8 Å². The van der Waals surface area contributed by atoms with Gasteiger partial charge in [-0.05, 0) is 12.1 Å². The monoisotopic (exact) mass is 266 g/mol. The number of ether oxygens (including phenoxy) is 2. The first-order valence-corrected chi connectivity index (χ1v) is 6.76. The zero-order valence-corrected chi connectivity index (χ0v) is 11.7. The number of methoxy groups -OCH3 is 2. The number of nitrogens with zero attached hydrogens (tertiary/aromatic N) is 1. The van der Waals surface area contributed by atoms with E-state index in [1.54, 1.807) is 26.0 Å². The summed E-state index contributed by atoms with van der Waals surface area (Å²) in [7, 11) is 3.32. The minimum atomic E-state index is 0.574. The van der Waals surface area contributed by atoms with Gasteiger partial charge in [-0.1, -0.05) is 18.7 Å². The molecule has 1 heterocycles. The van der Waals surface area contributed by atoms with Gasteiger partial charge in [0.2, 0.25) is 0 Å². The topological polar surface area (TPSA) is 42.8 Å². The van der Waals surface area contributed by atoms with Crippen molar-refractivity contribution in [2.24, 2.45) is 4.99 Å². The molecule has 4 nitrogen and oxygen atoms in total. The lowest BCUT2D eigenvalue weighted by atomic mass is 10.2. The number of amidine groups is 1. The first kappa shape index (κ1) is 13.1. The Kier molecular flexibility index (Phi) is 4.36. The third kappa shape index (κ3) is 3.10. The van der Waals surface area contributed by atoms with Crippen molar-refractivity contribution in [3.63, 3.8) is 0 Å². The van der Waals surface area contributed by atoms with Crippen molar-refractivity contribution in [2.75, 3.05) is 20.8 Å². The maximum atomic E-state index is 5.36. The molecule has 0 aliphatic carbocycles. The van der Waals surface area contributed by atoms with Crippen molar-refractivity contribution in [3.05, 3.63) is 23.8 Å². The van der Waals surface area contributed by atoms with Crippen LogP contribution in [0.5, 0.6) is 11.5 Å². The zero-order valence-electron chi connectivity index (χ0n) is 10.9. The fraction of sp³-hybridized carbons (Fsp3) is 0.462. The second-order valence-corrected chi connectivity index (χ2v) is 5.53. The number of aliphatic imine (C=N–C) groups is 1. The molecular weight excluding hydrogens is 248 g/mol. The van der Waals surface area contributed by atoms with Gasteiger partial charge in [0.15, 0.2) is 5.17 Å². The molecule has 1 N–H and O–H groups in total. The molecule has 1 aliphatic rings. The van der Waals surface area contributed by atoms with E-state index in [1.807, 2.05) is 18.2 Å². The Hall–Kier alpha value is -1.36. The lowest BCUT2D eigenvalue weighted by Gasteiger charge is -2.11. The van der Waals surface area contributed by atoms with E-state index in [4.69, 9.17) is 9.47 Å². The molecule has 0 amide bonds. The van der Waals surface area contributed by atoms with Crippen molar-refractivity contribution >= 4 is 16.9 Å². The lowest BCUT2D eigenvalue weighted by Crippen LogP contribution is -2.19. The molecule has 2 rings (SSSR count). The van der Waals surface area contributed by atoms with E-state index >= 15 is 0 Å². The Bertz CT molecular complexity index is 449. The molecule has 0 saturated carbocycles. The Labute approximate surface area is 112 Å². The summed E-state index contributed by atoms with van der Waals surface area (Å²) in [5.41, 5.74) is 1.10. The minimum Gasteiger partial charge on any atom is -0.497 e. The van der Waals surface area contributed by atoms with E-state index in [2.05, 4.69) is 17.2 Å². The smallest absolute Gasteiger partial charge is 0.157 e. The third-order valence-electron chi connectivity index (χ3n) is 2.73. The fourth-order valence-corrected chi connectivity index (χ4v) is 2.58. The van der Waals surface area contributed by atoms with Gasteiger partial charge in [0.1, 0.15) is 11.5 Å². The van der Waals surface area contributed by atoms with Gasteiger partial charge in [0.25, 0.3) is 0 Å². The molecule has 18 heavy (non-hydrogen) atoms. The summed E-state index contributed by atoms with van der Waals surface area (Å²) in [6, 6.07) is 5.84. The highest BCUT2D eigenvalue weighted by molar-refractivity contribution is 8.14. The van der Waals surface area contributed by atoms with E-state index in [1.165, 1.54) is 0 Å². The predicted octanol–water partition coefficient (Wildman–Crippen LogP) is 2.28. The maximum absolute atomic E-state index is 5.36. The number of thioether (sulfide) groups is 1. The Morgan fingerprint density at radius 1 is 1.39 bits per heavy atom. The van der Waals surface area contributed by atoms with E-state index in [0.717, 1.165) is 28.8 Å². The van der Waals surface area contributed by atoms with Crippen molar-refractivity contribution in [3.8, 4) is 11.5 Å². The summed E-state index contributed by atoms with van der Waals surface area (Å²) in [6.45, 7) is 3.79. The molecule has 5 heteroatoms. The second kappa shape index (κ2) is 6.00. The van der Waals surface area contributed by atoms with Crippen LogP contribution in [0.4, 0.5) is 0 Å². The molecule has 0 aromatic heterocycles. The van der Waals surface area contributed by atoms with Crippen molar-refractivity contribution in [1.29, 1.82) is 0 Å². The van der Waals surface area contributed by atoms with Gasteiger partial charge in [-0.25, -0.2) is 0 Å². The molecule has 1 unspecified atom stereocenters. The van der Waals surface area contributed by atoms with E-state index < -0.39 is 0 Å². The normalized spacial score (nSPS) is 18.4. The number of hydrogen-bond acceptors (Lipinski definition) is 5. The van der Waals surface area contributed by atoms with E-state index in [9.17, 15) is 0 Å². The van der Waals surface area contributed by atoms with Gasteiger partial charge < -0.3 is 14.8 Å². The van der Waals surface area contributed by atoms with Gasteiger partial charge in [-0.2, -0.15) is 0 Å². The first-order chi connectivity index (χ1) is 8.72. The van der Waals surface area contributed by atoms with Crippen LogP contribution in [0.3, 0.4) is 0 Å². The summed E-state index contributed by atoms with van der Waals surface area (Å²) >= 11 is 1.78. The summed E-state index contributed by atoms with van der Waals surface area (Å²) in [6.07, 6.45) is 0. The van der Waals surface area contributed by atoms with Gasteiger partial charge in [0, 0.05) is 23.4 Å². The molecule has 1 aromatic rings. The average molecular weight is 266 g/mol. The standard InChI is InChI=1S/C13H18N2O2S/c1-9-7-14-13(18-9)15-8-10-4-5-11(16-2)6-12(10)17-3/h4-6,9H,7-8H2,1-3H3,(H,14,15). The van der Waals surface area contributed by atoms with Crippen LogP contribution in [-0.2, 0) is 6.54 Å². The highest BCUT2D eigenvalue weighted by Crippen LogP contribution is 2.25. The summed E-state index contributed by atoms with van der Waals surface area (Å²) in [5, 5.41) is 4.92. The van der Waals surface area contributed by atoms with Crippen molar-refractivity contribution in [1.82, 2.24) is 5.32 Å². The van der Waals surface area contributed by atoms with Crippen LogP contribution in [-0.4, -0.2) is 31.2 Å². The van der Waals surface area contributed by atoms with Crippen LogP contribution in [0, 0.1) is 0 Å². The molecule has 98 valence electrons. The molecule has 0 fully saturated rings. The molecule has 1 aliphatic heterocycles. The van der Waals surface area contributed by atoms with Gasteiger partial charge >= 0.3 is 0 Å². The van der Waals surface area contributed by atoms with E-state index in [-0.39, 0.29) is 0 Å². The Morgan fingerprint density at radius 2 is 2.22 bits per heavy atom. The molecule has 0 spiro atoms. The quantitative estimate of drug-likeness (QED) is 0.908. The second-order valence-electron chi connectivity index (χ2n) is 4.11. The van der Waals surface area contributed by atoms with Crippen LogP contribution < -0.4 is 14.8 Å². The molecule has 0 saturated heterocycles. The Balaban J connectivity index is 2.00. The largest absolute Gasteiger partial charge is 0.497 e. The number of rotatable bonds is 4. The molecule has 1 atom stereocenters. The summed E-state index contributed by atoms with van der Waals surface area (Å²) < 4.78 is 10.5. The number of benzene rings is 1. The summed E-state index contributed by atoms with van der Waals surface area (Å²) in [5.74, 6) is 1.63. The number of hydrogen-bond donors (Lipinski definition) is 1. The molecule has 0 radical (unpaired) electrons. The summed E-state index contributed by atoms with van der Waals surface area (Å²) in [4.78, 5) is 4.42. The van der Waals surface area contributed by atoms with Crippen LogP contribution in [0.2, 0.25) is 0 Å². The van der Waals surface area contributed by atoms with Gasteiger partial charge in [0.05, 0.1) is 20.8 Å². The highest BCUT2D eigenvalue weighted by atomic mass is 32.2. The SMILES string of the molecule is COc1ccc(CNC2=NCC(C)S2)c(OC)c1. The fourth-order valence-electron chi connectivity index (χ4n) is 1.74. The first-order valence-electron chi connectivity index (χ1n) is 5.89. The predicted molar refractivity (Wildman–Crippen MR) is 75.7 cm³/mol. The van der Waals surface area contributed by atoms with Gasteiger partial charge in [-0.3, -0.25) is 4.99 Å². The zero-order chi connectivity index (χ0) is 13.0. The Morgan fingerprint density at radius 3 is 2.83 bits per heavy atom. The van der Waals surface area contributed by atoms with E-state index in [0.29, 0.717) is 11.8 Å². The molecule has 1 aromatic carbocycles. The number of nitrogens with one attached hydrogen (secondary N) is 1. The van der Waals surface area contributed by atoms with Crippen LogP contribution in [0.15, 0.2) is 23.2 Å². The molecular formula is C13H18N2O2S. The highest BCUT2D eigenvalue weighted by Gasteiger charge is 2.15. The van der Waals surface area contributed by atoms with Crippen LogP contribution in [0.25, 0.3) is 0 Å². The lowest BCUT2D eigenvalue weighted by molar-refractivity contribution is 0.390. The van der Waals surface area contributed by atoms with Crippen LogP contribution in [0.1, 0.15) is 12.5 Å². The average Bonchev–Trinajstić information content (AvgIpc) is 2.82.